The van der Waals surface area contributed by atoms with Crippen LogP contribution in [0, 0.1) is 5.82 Å². The number of hydrogen-bond donors (Lipinski definition) is 2. The molecule has 8 nitrogen and oxygen atoms in total. The van der Waals surface area contributed by atoms with Crippen molar-refractivity contribution in [2.24, 2.45) is 0 Å². The maximum Gasteiger partial charge on any atom is 0.261 e. The zero-order valence-corrected chi connectivity index (χ0v) is 22.8. The Morgan fingerprint density at radius 3 is 2.55 bits per heavy atom. The molecular weight excluding hydrogens is 549 g/mol. The van der Waals surface area contributed by atoms with Gasteiger partial charge in [-0.1, -0.05) is 23.7 Å². The van der Waals surface area contributed by atoms with Gasteiger partial charge in [0.15, 0.2) is 9.84 Å². The smallest absolute Gasteiger partial charge is 0.261 e. The summed E-state index contributed by atoms with van der Waals surface area (Å²) in [5.41, 5.74) is 1.63. The molecule has 0 aliphatic carbocycles. The molecule has 1 aliphatic heterocycles. The second-order valence-corrected chi connectivity index (χ2v) is 12.7. The molecule has 2 aromatic carbocycles. The fourth-order valence-electron chi connectivity index (χ4n) is 4.37. The number of carbonyl (C=O) groups excluding carboxylic acids is 1. The van der Waals surface area contributed by atoms with E-state index in [9.17, 15) is 17.6 Å². The second-order valence-electron chi connectivity index (χ2n) is 9.25. The minimum absolute atomic E-state index is 0.00147. The number of sulfone groups is 1. The van der Waals surface area contributed by atoms with Crippen LogP contribution in [0.2, 0.25) is 5.02 Å². The SMILES string of the molecule is CS(=O)(=O)c1ccc(CN2CCC(NC(=O)c3cc4c(Nc5ccc(F)c(Cl)c5)ncnc4s3)CC2)cc1. The highest BCUT2D eigenvalue weighted by Crippen LogP contribution is 2.31. The molecule has 5 rings (SSSR count). The van der Waals surface area contributed by atoms with E-state index in [1.54, 1.807) is 24.3 Å². The van der Waals surface area contributed by atoms with E-state index in [2.05, 4.69) is 25.5 Å². The number of anilines is 2. The van der Waals surface area contributed by atoms with E-state index in [1.807, 2.05) is 12.1 Å². The molecule has 3 heterocycles. The summed E-state index contributed by atoms with van der Waals surface area (Å²) in [6.07, 6.45) is 4.25. The van der Waals surface area contributed by atoms with Crippen LogP contribution in [0.25, 0.3) is 10.2 Å². The Labute approximate surface area is 228 Å². The molecule has 4 aromatic rings. The van der Waals surface area contributed by atoms with E-state index in [-0.39, 0.29) is 17.0 Å². The number of hydrogen-bond acceptors (Lipinski definition) is 8. The molecule has 0 radical (unpaired) electrons. The van der Waals surface area contributed by atoms with Crippen LogP contribution >= 0.6 is 22.9 Å². The Morgan fingerprint density at radius 2 is 1.87 bits per heavy atom. The number of aromatic nitrogens is 2. The quantitative estimate of drug-likeness (QED) is 0.320. The van der Waals surface area contributed by atoms with Crippen molar-refractivity contribution < 1.29 is 17.6 Å². The van der Waals surface area contributed by atoms with Gasteiger partial charge in [-0.15, -0.1) is 11.3 Å². The van der Waals surface area contributed by atoms with Crippen LogP contribution in [0.1, 0.15) is 28.1 Å². The van der Waals surface area contributed by atoms with Crippen LogP contribution in [-0.2, 0) is 16.4 Å². The maximum atomic E-state index is 13.5. The molecule has 198 valence electrons. The number of nitrogens with one attached hydrogen (secondary N) is 2. The minimum atomic E-state index is -3.20. The standard InChI is InChI=1S/C26H25ClFN5O3S2/c1-38(35,36)19-5-2-16(3-6-19)14-33-10-8-17(9-11-33)32-25(34)23-13-20-24(29-15-30-26(20)37-23)31-18-4-7-22(28)21(27)12-18/h2-7,12-13,15,17H,8-11,14H2,1H3,(H,32,34)(H,29,30,31). The molecule has 1 fully saturated rings. The number of thiophene rings is 1. The van der Waals surface area contributed by atoms with E-state index >= 15 is 0 Å². The molecule has 0 unspecified atom stereocenters. The molecule has 0 atom stereocenters. The van der Waals surface area contributed by atoms with Crippen LogP contribution < -0.4 is 10.6 Å². The van der Waals surface area contributed by atoms with E-state index < -0.39 is 15.7 Å². The first-order chi connectivity index (χ1) is 18.2. The van der Waals surface area contributed by atoms with Crippen molar-refractivity contribution in [3.05, 3.63) is 76.1 Å². The Hall–Kier alpha value is -3.12. The maximum absolute atomic E-state index is 13.5. The summed E-state index contributed by atoms with van der Waals surface area (Å²) in [6.45, 7) is 2.38. The van der Waals surface area contributed by atoms with Gasteiger partial charge in [-0.05, 0) is 54.8 Å². The second kappa shape index (κ2) is 10.9. The number of piperidine rings is 1. The van der Waals surface area contributed by atoms with Gasteiger partial charge in [-0.3, -0.25) is 9.69 Å². The lowest BCUT2D eigenvalue weighted by Crippen LogP contribution is -2.44. The number of carbonyl (C=O) groups is 1. The van der Waals surface area contributed by atoms with Gasteiger partial charge < -0.3 is 10.6 Å². The average Bonchev–Trinajstić information content (AvgIpc) is 3.33. The number of amides is 1. The number of fused-ring (bicyclic) bond motifs is 1. The number of rotatable bonds is 7. The minimum Gasteiger partial charge on any atom is -0.349 e. The first-order valence-electron chi connectivity index (χ1n) is 11.9. The number of halogens is 2. The van der Waals surface area contributed by atoms with Crippen molar-refractivity contribution >= 4 is 60.4 Å². The third kappa shape index (κ3) is 6.12. The first kappa shape index (κ1) is 26.5. The van der Waals surface area contributed by atoms with Gasteiger partial charge in [0.2, 0.25) is 0 Å². The topological polar surface area (TPSA) is 104 Å². The summed E-state index contributed by atoms with van der Waals surface area (Å²) >= 11 is 7.17. The summed E-state index contributed by atoms with van der Waals surface area (Å²) in [6, 6.07) is 13.1. The predicted octanol–water partition coefficient (Wildman–Crippen LogP) is 5.03. The average molecular weight is 574 g/mol. The van der Waals surface area contributed by atoms with Crippen molar-refractivity contribution in [1.29, 1.82) is 0 Å². The Morgan fingerprint density at radius 1 is 1.13 bits per heavy atom. The summed E-state index contributed by atoms with van der Waals surface area (Å²) in [4.78, 5) is 25.4. The normalized spacial score (nSPS) is 15.0. The van der Waals surface area contributed by atoms with Gasteiger partial charge in [0.05, 0.1) is 20.2 Å². The van der Waals surface area contributed by atoms with Crippen molar-refractivity contribution in [1.82, 2.24) is 20.2 Å². The van der Waals surface area contributed by atoms with Crippen LogP contribution in [0.3, 0.4) is 0 Å². The van der Waals surface area contributed by atoms with E-state index in [4.69, 9.17) is 11.6 Å². The van der Waals surface area contributed by atoms with Crippen molar-refractivity contribution in [2.45, 2.75) is 30.3 Å². The molecule has 0 bridgehead atoms. The molecule has 0 spiro atoms. The third-order valence-corrected chi connectivity index (χ3v) is 8.88. The van der Waals surface area contributed by atoms with Crippen molar-refractivity contribution in [3.63, 3.8) is 0 Å². The van der Waals surface area contributed by atoms with Crippen LogP contribution in [0.15, 0.2) is 59.8 Å². The summed E-state index contributed by atoms with van der Waals surface area (Å²) in [7, 11) is -3.20. The number of benzene rings is 2. The van der Waals surface area contributed by atoms with Gasteiger partial charge in [-0.2, -0.15) is 0 Å². The van der Waals surface area contributed by atoms with Gasteiger partial charge in [0.25, 0.3) is 5.91 Å². The molecule has 12 heteroatoms. The molecule has 38 heavy (non-hydrogen) atoms. The predicted molar refractivity (Wildman–Crippen MR) is 147 cm³/mol. The highest BCUT2D eigenvalue weighted by atomic mass is 35.5. The Kier molecular flexibility index (Phi) is 7.62. The zero-order valence-electron chi connectivity index (χ0n) is 20.4. The number of likely N-dealkylation sites (tertiary alicyclic amines) is 1. The van der Waals surface area contributed by atoms with Crippen molar-refractivity contribution in [2.75, 3.05) is 24.7 Å². The molecule has 1 aliphatic rings. The third-order valence-electron chi connectivity index (χ3n) is 6.42. The van der Waals surface area contributed by atoms with E-state index in [0.29, 0.717) is 31.5 Å². The van der Waals surface area contributed by atoms with Crippen LogP contribution in [0.4, 0.5) is 15.9 Å². The van der Waals surface area contributed by atoms with E-state index in [1.165, 1.54) is 36.1 Å². The Bertz CT molecular complexity index is 1590. The first-order valence-corrected chi connectivity index (χ1v) is 15.0. The van der Waals surface area contributed by atoms with Crippen molar-refractivity contribution in [3.8, 4) is 0 Å². The fourth-order valence-corrected chi connectivity index (χ4v) is 6.08. The summed E-state index contributed by atoms with van der Waals surface area (Å²) < 4.78 is 36.8. The fraction of sp³-hybridized carbons (Fsp3) is 0.269. The van der Waals surface area contributed by atoms with Gasteiger partial charge in [0, 0.05) is 37.6 Å². The molecular formula is C26H25ClFN5O3S2. The highest BCUT2D eigenvalue weighted by molar-refractivity contribution is 7.90. The lowest BCUT2D eigenvalue weighted by atomic mass is 10.0. The van der Waals surface area contributed by atoms with Crippen LogP contribution in [-0.4, -0.2) is 54.6 Å². The summed E-state index contributed by atoms with van der Waals surface area (Å²) in [5.74, 6) is -0.155. The lowest BCUT2D eigenvalue weighted by Gasteiger charge is -2.32. The highest BCUT2D eigenvalue weighted by Gasteiger charge is 2.23. The summed E-state index contributed by atoms with van der Waals surface area (Å²) in [5, 5.41) is 6.95. The monoisotopic (exact) mass is 573 g/mol. The zero-order chi connectivity index (χ0) is 26.9. The van der Waals surface area contributed by atoms with Gasteiger partial charge in [0.1, 0.15) is 22.8 Å². The van der Waals surface area contributed by atoms with Crippen LogP contribution in [0.5, 0.6) is 0 Å². The largest absolute Gasteiger partial charge is 0.349 e. The van der Waals surface area contributed by atoms with E-state index in [0.717, 1.165) is 38.0 Å². The van der Waals surface area contributed by atoms with Gasteiger partial charge >= 0.3 is 0 Å². The molecule has 2 N–H and O–H groups in total. The Balaban J connectivity index is 1.18. The molecule has 0 saturated carbocycles. The molecule has 2 aromatic heterocycles. The molecule has 1 amide bonds. The van der Waals surface area contributed by atoms with Gasteiger partial charge in [-0.25, -0.2) is 22.8 Å². The molecule has 1 saturated heterocycles. The lowest BCUT2D eigenvalue weighted by molar-refractivity contribution is 0.0913. The number of nitrogens with zero attached hydrogens (tertiary/aromatic N) is 3.